The Kier molecular flexibility index (Phi) is 6.41. The lowest BCUT2D eigenvalue weighted by Gasteiger charge is -2.19. The molecule has 0 bridgehead atoms. The Balaban J connectivity index is 2.22. The van der Waals surface area contributed by atoms with Crippen molar-refractivity contribution in [3.05, 3.63) is 0 Å². The van der Waals surface area contributed by atoms with Gasteiger partial charge in [-0.1, -0.05) is 13.3 Å². The zero-order valence-corrected chi connectivity index (χ0v) is 9.84. The maximum Gasteiger partial charge on any atom is 0.0963 e. The van der Waals surface area contributed by atoms with Crippen molar-refractivity contribution in [2.24, 2.45) is 10.9 Å². The molecular weight excluding hydrogens is 188 g/mol. The Labute approximate surface area is 93.0 Å². The maximum atomic E-state index is 8.94. The van der Waals surface area contributed by atoms with E-state index in [4.69, 9.17) is 5.11 Å². The van der Waals surface area contributed by atoms with Gasteiger partial charge in [0.25, 0.3) is 0 Å². The SMILES string of the molecule is CCCC(CCO)CNC1=NCCCC1. The minimum Gasteiger partial charge on any atom is -0.396 e. The van der Waals surface area contributed by atoms with Gasteiger partial charge >= 0.3 is 0 Å². The summed E-state index contributed by atoms with van der Waals surface area (Å²) in [7, 11) is 0. The van der Waals surface area contributed by atoms with E-state index in [1.807, 2.05) is 0 Å². The van der Waals surface area contributed by atoms with Gasteiger partial charge in [-0.05, 0) is 31.6 Å². The van der Waals surface area contributed by atoms with Gasteiger partial charge in [-0.2, -0.15) is 0 Å². The number of rotatable bonds is 6. The molecule has 3 nitrogen and oxygen atoms in total. The van der Waals surface area contributed by atoms with Crippen molar-refractivity contribution in [1.82, 2.24) is 5.32 Å². The molecule has 2 N–H and O–H groups in total. The Bertz CT molecular complexity index is 186. The molecule has 0 fully saturated rings. The molecule has 15 heavy (non-hydrogen) atoms. The van der Waals surface area contributed by atoms with Crippen LogP contribution in [0.25, 0.3) is 0 Å². The lowest BCUT2D eigenvalue weighted by molar-refractivity contribution is 0.251. The molecule has 0 saturated heterocycles. The van der Waals surface area contributed by atoms with Crippen LogP contribution < -0.4 is 5.32 Å². The van der Waals surface area contributed by atoms with E-state index in [0.717, 1.165) is 25.9 Å². The van der Waals surface area contributed by atoms with Crippen LogP contribution in [0.1, 0.15) is 45.4 Å². The predicted molar refractivity (Wildman–Crippen MR) is 64.3 cm³/mol. The molecule has 0 saturated carbocycles. The quantitative estimate of drug-likeness (QED) is 0.707. The standard InChI is InChI=1S/C12H24N2O/c1-2-5-11(7-9-15)10-14-12-6-3-4-8-13-12/h11,15H,2-10H2,1H3,(H,13,14). The summed E-state index contributed by atoms with van der Waals surface area (Å²) in [5.74, 6) is 1.78. The van der Waals surface area contributed by atoms with E-state index >= 15 is 0 Å². The summed E-state index contributed by atoms with van der Waals surface area (Å²) in [6.45, 7) is 4.47. The van der Waals surface area contributed by atoms with E-state index in [0.29, 0.717) is 12.5 Å². The van der Waals surface area contributed by atoms with E-state index in [2.05, 4.69) is 17.2 Å². The first-order chi connectivity index (χ1) is 7.36. The third kappa shape index (κ3) is 5.17. The average molecular weight is 212 g/mol. The molecule has 0 aromatic heterocycles. The molecule has 88 valence electrons. The van der Waals surface area contributed by atoms with Crippen molar-refractivity contribution in [2.45, 2.75) is 45.4 Å². The lowest BCUT2D eigenvalue weighted by atomic mass is 10.00. The van der Waals surface area contributed by atoms with Gasteiger partial charge in [0.1, 0.15) is 0 Å². The van der Waals surface area contributed by atoms with Gasteiger partial charge in [0.15, 0.2) is 0 Å². The Morgan fingerprint density at radius 3 is 2.87 bits per heavy atom. The molecule has 0 aliphatic carbocycles. The summed E-state index contributed by atoms with van der Waals surface area (Å²) in [6.07, 6.45) is 6.91. The lowest BCUT2D eigenvalue weighted by Crippen LogP contribution is -2.31. The molecule has 1 atom stereocenters. The molecule has 1 aliphatic heterocycles. The molecule has 1 unspecified atom stereocenters. The fraction of sp³-hybridized carbons (Fsp3) is 0.917. The van der Waals surface area contributed by atoms with E-state index in [1.54, 1.807) is 0 Å². The largest absolute Gasteiger partial charge is 0.396 e. The number of hydrogen-bond acceptors (Lipinski definition) is 3. The Morgan fingerprint density at radius 2 is 2.27 bits per heavy atom. The first-order valence-electron chi connectivity index (χ1n) is 6.25. The number of hydrogen-bond donors (Lipinski definition) is 2. The van der Waals surface area contributed by atoms with Crippen molar-refractivity contribution in [1.29, 1.82) is 0 Å². The second-order valence-electron chi connectivity index (χ2n) is 4.33. The smallest absolute Gasteiger partial charge is 0.0963 e. The first-order valence-corrected chi connectivity index (χ1v) is 6.25. The van der Waals surface area contributed by atoms with Gasteiger partial charge in [-0.15, -0.1) is 0 Å². The van der Waals surface area contributed by atoms with Crippen LogP contribution in [0, 0.1) is 5.92 Å². The van der Waals surface area contributed by atoms with Gasteiger partial charge in [0.2, 0.25) is 0 Å². The summed E-state index contributed by atoms with van der Waals surface area (Å²) in [6, 6.07) is 0. The summed E-state index contributed by atoms with van der Waals surface area (Å²) in [5.41, 5.74) is 0. The van der Waals surface area contributed by atoms with Crippen LogP contribution in [0.5, 0.6) is 0 Å². The molecule has 0 radical (unpaired) electrons. The minimum absolute atomic E-state index is 0.304. The molecule has 3 heteroatoms. The zero-order chi connectivity index (χ0) is 10.9. The molecule has 0 spiro atoms. The van der Waals surface area contributed by atoms with Crippen LogP contribution in [-0.4, -0.2) is 30.6 Å². The third-order valence-corrected chi connectivity index (χ3v) is 2.95. The fourth-order valence-electron chi connectivity index (χ4n) is 2.04. The first kappa shape index (κ1) is 12.5. The highest BCUT2D eigenvalue weighted by atomic mass is 16.3. The van der Waals surface area contributed by atoms with E-state index in [9.17, 15) is 0 Å². The van der Waals surface area contributed by atoms with E-state index < -0.39 is 0 Å². The number of nitrogens with one attached hydrogen (secondary N) is 1. The highest BCUT2D eigenvalue weighted by molar-refractivity contribution is 5.82. The van der Waals surface area contributed by atoms with Crippen molar-refractivity contribution >= 4 is 5.84 Å². The molecule has 0 aromatic rings. The van der Waals surface area contributed by atoms with Gasteiger partial charge in [-0.3, -0.25) is 4.99 Å². The van der Waals surface area contributed by atoms with Crippen LogP contribution in [0.15, 0.2) is 4.99 Å². The Hall–Kier alpha value is -0.570. The van der Waals surface area contributed by atoms with Crippen molar-refractivity contribution in [3.8, 4) is 0 Å². The van der Waals surface area contributed by atoms with Crippen LogP contribution >= 0.6 is 0 Å². The highest BCUT2D eigenvalue weighted by Crippen LogP contribution is 2.10. The van der Waals surface area contributed by atoms with Gasteiger partial charge in [0, 0.05) is 26.1 Å². The molecular formula is C12H24N2O. The maximum absolute atomic E-state index is 8.94. The van der Waals surface area contributed by atoms with Crippen LogP contribution in [0.3, 0.4) is 0 Å². The molecule has 1 heterocycles. The fourth-order valence-corrected chi connectivity index (χ4v) is 2.04. The summed E-state index contributed by atoms with van der Waals surface area (Å²) in [4.78, 5) is 4.46. The van der Waals surface area contributed by atoms with Crippen molar-refractivity contribution < 1.29 is 5.11 Å². The second-order valence-corrected chi connectivity index (χ2v) is 4.33. The number of amidine groups is 1. The van der Waals surface area contributed by atoms with Gasteiger partial charge in [-0.25, -0.2) is 0 Å². The number of aliphatic hydroxyl groups is 1. The van der Waals surface area contributed by atoms with E-state index in [1.165, 1.54) is 31.5 Å². The summed E-state index contributed by atoms with van der Waals surface area (Å²) >= 11 is 0. The second kappa shape index (κ2) is 7.69. The Morgan fingerprint density at radius 1 is 1.40 bits per heavy atom. The van der Waals surface area contributed by atoms with Crippen LogP contribution in [0.2, 0.25) is 0 Å². The minimum atomic E-state index is 0.304. The van der Waals surface area contributed by atoms with E-state index in [-0.39, 0.29) is 0 Å². The molecule has 0 aromatic carbocycles. The predicted octanol–water partition coefficient (Wildman–Crippen LogP) is 1.96. The van der Waals surface area contributed by atoms with Crippen molar-refractivity contribution in [2.75, 3.05) is 19.7 Å². The number of nitrogens with zero attached hydrogens (tertiary/aromatic N) is 1. The zero-order valence-electron chi connectivity index (χ0n) is 9.84. The topological polar surface area (TPSA) is 44.6 Å². The monoisotopic (exact) mass is 212 g/mol. The molecule has 0 amide bonds. The summed E-state index contributed by atoms with van der Waals surface area (Å²) in [5, 5.41) is 12.4. The normalized spacial score (nSPS) is 18.4. The molecule has 1 aliphatic rings. The number of aliphatic hydroxyl groups excluding tert-OH is 1. The average Bonchev–Trinajstić information content (AvgIpc) is 2.28. The van der Waals surface area contributed by atoms with Gasteiger partial charge < -0.3 is 10.4 Å². The summed E-state index contributed by atoms with van der Waals surface area (Å²) < 4.78 is 0. The van der Waals surface area contributed by atoms with Crippen LogP contribution in [0.4, 0.5) is 0 Å². The van der Waals surface area contributed by atoms with Gasteiger partial charge in [0.05, 0.1) is 5.84 Å². The molecule has 1 rings (SSSR count). The van der Waals surface area contributed by atoms with Crippen molar-refractivity contribution in [3.63, 3.8) is 0 Å². The third-order valence-electron chi connectivity index (χ3n) is 2.95. The van der Waals surface area contributed by atoms with Crippen LogP contribution in [-0.2, 0) is 0 Å². The number of aliphatic imine (C=N–C) groups is 1. The highest BCUT2D eigenvalue weighted by Gasteiger charge is 2.09.